The first-order valence-corrected chi connectivity index (χ1v) is 7.07. The molecule has 1 aliphatic rings. The number of carbonyl (C=O) groups is 2. The van der Waals surface area contributed by atoms with E-state index in [1.807, 2.05) is 0 Å². The molecule has 1 saturated heterocycles. The standard InChI is InChI=1S/C11H9N3O5S/c12-20(17,18)6-1-2-7-5(3-6)4-8(19-7)9-10(15)14-11(16)13-9/h1-4,9H,(H2,12,17,18)(H2,13,14,15,16)/t9-/m1/s1. The molecule has 0 aliphatic carbocycles. The van der Waals surface area contributed by atoms with Crippen LogP contribution in [0.4, 0.5) is 4.79 Å². The zero-order valence-electron chi connectivity index (χ0n) is 9.91. The third-order valence-electron chi connectivity index (χ3n) is 2.89. The fraction of sp³-hybridized carbons (Fsp3) is 0.0909. The van der Waals surface area contributed by atoms with Crippen molar-refractivity contribution in [3.63, 3.8) is 0 Å². The first kappa shape index (κ1) is 12.6. The van der Waals surface area contributed by atoms with Crippen LogP contribution < -0.4 is 15.8 Å². The Labute approximate surface area is 113 Å². The van der Waals surface area contributed by atoms with E-state index in [4.69, 9.17) is 9.56 Å². The summed E-state index contributed by atoms with van der Waals surface area (Å²) in [5.41, 5.74) is 0.390. The SMILES string of the molecule is NS(=O)(=O)c1ccc2oc([C@H]3NC(=O)NC3=O)cc2c1. The van der Waals surface area contributed by atoms with Gasteiger partial charge in [-0.2, -0.15) is 0 Å². The van der Waals surface area contributed by atoms with E-state index in [-0.39, 0.29) is 10.7 Å². The molecule has 104 valence electrons. The Morgan fingerprint density at radius 3 is 2.55 bits per heavy atom. The van der Waals surface area contributed by atoms with Gasteiger partial charge in [-0.1, -0.05) is 0 Å². The first-order chi connectivity index (χ1) is 9.34. The Morgan fingerprint density at radius 2 is 1.95 bits per heavy atom. The van der Waals surface area contributed by atoms with E-state index in [0.29, 0.717) is 11.0 Å². The summed E-state index contributed by atoms with van der Waals surface area (Å²) in [4.78, 5) is 22.5. The summed E-state index contributed by atoms with van der Waals surface area (Å²) in [6, 6.07) is 4.04. The molecule has 3 amide bonds. The highest BCUT2D eigenvalue weighted by Crippen LogP contribution is 2.27. The number of rotatable bonds is 2. The highest BCUT2D eigenvalue weighted by molar-refractivity contribution is 7.89. The zero-order chi connectivity index (χ0) is 14.5. The number of nitrogens with two attached hydrogens (primary N) is 1. The van der Waals surface area contributed by atoms with Gasteiger partial charge in [0.05, 0.1) is 4.90 Å². The van der Waals surface area contributed by atoms with Crippen molar-refractivity contribution in [1.82, 2.24) is 10.6 Å². The van der Waals surface area contributed by atoms with Crippen molar-refractivity contribution in [1.29, 1.82) is 0 Å². The molecule has 0 saturated carbocycles. The molecule has 1 aromatic heterocycles. The Kier molecular flexibility index (Phi) is 2.56. The summed E-state index contributed by atoms with van der Waals surface area (Å²) < 4.78 is 27.9. The maximum atomic E-state index is 11.5. The number of nitrogens with one attached hydrogen (secondary N) is 2. The Bertz CT molecular complexity index is 839. The third-order valence-corrected chi connectivity index (χ3v) is 3.81. The second-order valence-electron chi connectivity index (χ2n) is 4.29. The van der Waals surface area contributed by atoms with Gasteiger partial charge < -0.3 is 9.73 Å². The van der Waals surface area contributed by atoms with E-state index >= 15 is 0 Å². The zero-order valence-corrected chi connectivity index (χ0v) is 10.7. The lowest BCUT2D eigenvalue weighted by Crippen LogP contribution is -2.22. The molecule has 0 bridgehead atoms. The minimum Gasteiger partial charge on any atom is -0.458 e. The van der Waals surface area contributed by atoms with Gasteiger partial charge in [-0.05, 0) is 24.3 Å². The van der Waals surface area contributed by atoms with Crippen LogP contribution in [-0.4, -0.2) is 20.4 Å². The molecule has 8 nitrogen and oxygen atoms in total. The van der Waals surface area contributed by atoms with E-state index in [0.717, 1.165) is 0 Å². The monoisotopic (exact) mass is 295 g/mol. The van der Waals surface area contributed by atoms with Crippen LogP contribution in [-0.2, 0) is 14.8 Å². The van der Waals surface area contributed by atoms with Crippen molar-refractivity contribution >= 4 is 32.9 Å². The summed E-state index contributed by atoms with van der Waals surface area (Å²) in [6.45, 7) is 0. The van der Waals surface area contributed by atoms with Crippen molar-refractivity contribution in [2.45, 2.75) is 10.9 Å². The van der Waals surface area contributed by atoms with E-state index in [1.54, 1.807) is 0 Å². The molecule has 4 N–H and O–H groups in total. The quantitative estimate of drug-likeness (QED) is 0.669. The second-order valence-corrected chi connectivity index (χ2v) is 5.85. The highest BCUT2D eigenvalue weighted by Gasteiger charge is 2.33. The van der Waals surface area contributed by atoms with Crippen LogP contribution in [0.15, 0.2) is 33.6 Å². The molecule has 0 unspecified atom stereocenters. The van der Waals surface area contributed by atoms with E-state index in [9.17, 15) is 18.0 Å². The molecule has 2 heterocycles. The number of hydrogen-bond acceptors (Lipinski definition) is 5. The summed E-state index contributed by atoms with van der Waals surface area (Å²) in [7, 11) is -3.81. The van der Waals surface area contributed by atoms with Gasteiger partial charge in [-0.25, -0.2) is 18.4 Å². The molecule has 2 aromatic rings. The topological polar surface area (TPSA) is 132 Å². The molecule has 0 radical (unpaired) electrons. The summed E-state index contributed by atoms with van der Waals surface area (Å²) >= 11 is 0. The Balaban J connectivity index is 2.07. The van der Waals surface area contributed by atoms with E-state index < -0.39 is 28.0 Å². The van der Waals surface area contributed by atoms with Gasteiger partial charge in [0.2, 0.25) is 10.0 Å². The van der Waals surface area contributed by atoms with E-state index in [1.165, 1.54) is 24.3 Å². The van der Waals surface area contributed by atoms with Crippen LogP contribution in [0.1, 0.15) is 11.8 Å². The van der Waals surface area contributed by atoms with Crippen LogP contribution in [0, 0.1) is 0 Å². The van der Waals surface area contributed by atoms with Gasteiger partial charge >= 0.3 is 6.03 Å². The van der Waals surface area contributed by atoms with Gasteiger partial charge in [-0.3, -0.25) is 10.1 Å². The predicted octanol–water partition coefficient (Wildman–Crippen LogP) is -0.0393. The third kappa shape index (κ3) is 2.02. The van der Waals surface area contributed by atoms with Gasteiger partial charge in [0.25, 0.3) is 5.91 Å². The second kappa shape index (κ2) is 4.05. The van der Waals surface area contributed by atoms with Crippen molar-refractivity contribution in [2.75, 3.05) is 0 Å². The maximum absolute atomic E-state index is 11.5. The number of hydrogen-bond donors (Lipinski definition) is 3. The number of imide groups is 1. The number of carbonyl (C=O) groups excluding carboxylic acids is 2. The molecule has 3 rings (SSSR count). The van der Waals surface area contributed by atoms with Gasteiger partial charge in [0, 0.05) is 5.39 Å². The summed E-state index contributed by atoms with van der Waals surface area (Å²) in [6.07, 6.45) is 0. The molecule has 1 fully saturated rings. The summed E-state index contributed by atoms with van der Waals surface area (Å²) in [5, 5.41) is 9.98. The lowest BCUT2D eigenvalue weighted by atomic mass is 10.2. The Morgan fingerprint density at radius 1 is 1.20 bits per heavy atom. The number of fused-ring (bicyclic) bond motifs is 1. The smallest absolute Gasteiger partial charge is 0.322 e. The van der Waals surface area contributed by atoms with Crippen molar-refractivity contribution in [3.8, 4) is 0 Å². The summed E-state index contributed by atoms with van der Waals surface area (Å²) in [5.74, 6) is -0.310. The number of benzene rings is 1. The first-order valence-electron chi connectivity index (χ1n) is 5.52. The van der Waals surface area contributed by atoms with Crippen LogP contribution in [0.3, 0.4) is 0 Å². The van der Waals surface area contributed by atoms with Crippen molar-refractivity contribution < 1.29 is 22.4 Å². The Hall–Kier alpha value is -2.39. The predicted molar refractivity (Wildman–Crippen MR) is 67.0 cm³/mol. The van der Waals surface area contributed by atoms with Crippen LogP contribution in [0.5, 0.6) is 0 Å². The van der Waals surface area contributed by atoms with Crippen molar-refractivity contribution in [2.24, 2.45) is 5.14 Å². The number of amides is 3. The molecule has 1 atom stereocenters. The maximum Gasteiger partial charge on any atom is 0.322 e. The van der Waals surface area contributed by atoms with E-state index in [2.05, 4.69) is 10.6 Å². The lowest BCUT2D eigenvalue weighted by Gasteiger charge is -2.00. The van der Waals surface area contributed by atoms with Gasteiger partial charge in [-0.15, -0.1) is 0 Å². The van der Waals surface area contributed by atoms with Gasteiger partial charge in [0.15, 0.2) is 6.04 Å². The molecule has 20 heavy (non-hydrogen) atoms. The van der Waals surface area contributed by atoms with Crippen LogP contribution >= 0.6 is 0 Å². The number of sulfonamides is 1. The fourth-order valence-corrected chi connectivity index (χ4v) is 2.53. The number of primary sulfonamides is 1. The average Bonchev–Trinajstić information content (AvgIpc) is 2.89. The van der Waals surface area contributed by atoms with Crippen LogP contribution in [0.25, 0.3) is 11.0 Å². The number of furan rings is 1. The minimum absolute atomic E-state index is 0.0581. The average molecular weight is 295 g/mol. The molecule has 0 spiro atoms. The van der Waals surface area contributed by atoms with Crippen LogP contribution in [0.2, 0.25) is 0 Å². The molecule has 1 aliphatic heterocycles. The molecule has 1 aromatic carbocycles. The normalized spacial score (nSPS) is 19.1. The fourth-order valence-electron chi connectivity index (χ4n) is 1.98. The lowest BCUT2D eigenvalue weighted by molar-refractivity contribution is -0.120. The van der Waals surface area contributed by atoms with Crippen molar-refractivity contribution in [3.05, 3.63) is 30.0 Å². The molecule has 9 heteroatoms. The highest BCUT2D eigenvalue weighted by atomic mass is 32.2. The molecular weight excluding hydrogens is 286 g/mol. The molecular formula is C11H9N3O5S. The van der Waals surface area contributed by atoms with Gasteiger partial charge in [0.1, 0.15) is 11.3 Å². The minimum atomic E-state index is -3.81. The largest absolute Gasteiger partial charge is 0.458 e. The number of urea groups is 1.